The maximum absolute atomic E-state index is 13.2. The summed E-state index contributed by atoms with van der Waals surface area (Å²) in [5.74, 6) is 1.21. The maximum Gasteiger partial charge on any atom is 0.156 e. The summed E-state index contributed by atoms with van der Waals surface area (Å²) in [6, 6.07) is 20.1. The summed E-state index contributed by atoms with van der Waals surface area (Å²) in [5, 5.41) is 0. The minimum atomic E-state index is -0.259. The lowest BCUT2D eigenvalue weighted by molar-refractivity contribution is 0.628. The van der Waals surface area contributed by atoms with Gasteiger partial charge in [-0.3, -0.25) is 4.98 Å². The number of nitrogens with zero attached hydrogens (tertiary/aromatic N) is 3. The Bertz CT molecular complexity index is 1260. The predicted molar refractivity (Wildman–Crippen MR) is 110 cm³/mol. The summed E-state index contributed by atoms with van der Waals surface area (Å²) < 4.78 is 13.2. The first-order chi connectivity index (χ1) is 14.3. The van der Waals surface area contributed by atoms with Crippen molar-refractivity contribution in [3.05, 3.63) is 91.1 Å². The molecule has 0 amide bonds. The molecule has 5 nitrogen and oxygen atoms in total. The molecule has 2 aromatic carbocycles. The van der Waals surface area contributed by atoms with Gasteiger partial charge in [-0.05, 0) is 48.0 Å². The molecule has 0 bridgehead atoms. The van der Waals surface area contributed by atoms with Crippen molar-refractivity contribution in [2.24, 2.45) is 0 Å². The molecular formula is C23H16FN5. The van der Waals surface area contributed by atoms with E-state index in [4.69, 9.17) is 0 Å². The Kier molecular flexibility index (Phi) is 4.22. The van der Waals surface area contributed by atoms with E-state index in [2.05, 4.69) is 24.9 Å². The number of pyridine rings is 1. The van der Waals surface area contributed by atoms with Crippen LogP contribution in [0.15, 0.2) is 85.3 Å². The van der Waals surface area contributed by atoms with E-state index in [1.807, 2.05) is 42.5 Å². The fourth-order valence-corrected chi connectivity index (χ4v) is 3.18. The second-order valence-corrected chi connectivity index (χ2v) is 6.59. The summed E-state index contributed by atoms with van der Waals surface area (Å²) in [7, 11) is 0. The Balaban J connectivity index is 1.45. The van der Waals surface area contributed by atoms with Crippen molar-refractivity contribution in [2.45, 2.75) is 0 Å². The minimum absolute atomic E-state index is 0.259. The second-order valence-electron chi connectivity index (χ2n) is 6.59. The normalized spacial score (nSPS) is 10.9. The second kappa shape index (κ2) is 7.16. The van der Waals surface area contributed by atoms with Gasteiger partial charge >= 0.3 is 0 Å². The number of hydrogen-bond donors (Lipinski definition) is 2. The summed E-state index contributed by atoms with van der Waals surface area (Å²) in [5.41, 5.74) is 5.36. The third-order valence-corrected chi connectivity index (χ3v) is 4.66. The van der Waals surface area contributed by atoms with Crippen molar-refractivity contribution in [2.75, 3.05) is 0 Å². The van der Waals surface area contributed by atoms with Crippen LogP contribution in [0.25, 0.3) is 45.4 Å². The highest BCUT2D eigenvalue weighted by Gasteiger charge is 2.10. The van der Waals surface area contributed by atoms with E-state index < -0.39 is 0 Å². The lowest BCUT2D eigenvalue weighted by atomic mass is 10.1. The Morgan fingerprint density at radius 3 is 2.14 bits per heavy atom. The number of rotatable bonds is 4. The van der Waals surface area contributed by atoms with E-state index in [-0.39, 0.29) is 5.82 Å². The van der Waals surface area contributed by atoms with E-state index in [0.717, 1.165) is 45.4 Å². The van der Waals surface area contributed by atoms with E-state index in [0.29, 0.717) is 0 Å². The fourth-order valence-electron chi connectivity index (χ4n) is 3.18. The van der Waals surface area contributed by atoms with E-state index in [9.17, 15) is 4.39 Å². The molecule has 0 saturated heterocycles. The zero-order chi connectivity index (χ0) is 19.6. The SMILES string of the molecule is Fc1ccc(-c2cnc(-c3cccc(-c4cnc(-c5ccccn5)[nH]4)c3)[nH]2)cc1. The van der Waals surface area contributed by atoms with Crippen LogP contribution in [0.5, 0.6) is 0 Å². The molecule has 0 radical (unpaired) electrons. The number of halogens is 1. The minimum Gasteiger partial charge on any atom is -0.338 e. The van der Waals surface area contributed by atoms with E-state index in [1.165, 1.54) is 12.1 Å². The quantitative estimate of drug-likeness (QED) is 0.442. The van der Waals surface area contributed by atoms with Gasteiger partial charge in [0, 0.05) is 17.3 Å². The molecule has 3 aromatic heterocycles. The molecule has 0 aliphatic rings. The van der Waals surface area contributed by atoms with Gasteiger partial charge in [-0.25, -0.2) is 14.4 Å². The number of imidazole rings is 2. The molecule has 5 aromatic rings. The number of aromatic nitrogens is 5. The Morgan fingerprint density at radius 2 is 1.34 bits per heavy atom. The van der Waals surface area contributed by atoms with Crippen LogP contribution < -0.4 is 0 Å². The molecule has 0 aliphatic carbocycles. The average Bonchev–Trinajstić information content (AvgIpc) is 3.46. The smallest absolute Gasteiger partial charge is 0.156 e. The van der Waals surface area contributed by atoms with Gasteiger partial charge in [0.05, 0.1) is 23.8 Å². The van der Waals surface area contributed by atoms with Gasteiger partial charge in [-0.1, -0.05) is 24.3 Å². The van der Waals surface area contributed by atoms with E-state index in [1.54, 1.807) is 30.7 Å². The number of benzene rings is 2. The summed E-state index contributed by atoms with van der Waals surface area (Å²) in [6.45, 7) is 0. The first kappa shape index (κ1) is 17.1. The first-order valence-electron chi connectivity index (χ1n) is 9.14. The summed E-state index contributed by atoms with van der Waals surface area (Å²) in [6.07, 6.45) is 5.30. The van der Waals surface area contributed by atoms with Gasteiger partial charge in [0.25, 0.3) is 0 Å². The molecule has 6 heteroatoms. The van der Waals surface area contributed by atoms with Crippen molar-refractivity contribution in [1.29, 1.82) is 0 Å². The summed E-state index contributed by atoms with van der Waals surface area (Å²) >= 11 is 0. The number of aromatic amines is 2. The van der Waals surface area contributed by atoms with Crippen molar-refractivity contribution in [1.82, 2.24) is 24.9 Å². The molecule has 3 heterocycles. The predicted octanol–water partition coefficient (Wildman–Crippen LogP) is 5.33. The van der Waals surface area contributed by atoms with Gasteiger partial charge < -0.3 is 9.97 Å². The van der Waals surface area contributed by atoms with Crippen LogP contribution in [0.4, 0.5) is 4.39 Å². The third-order valence-electron chi connectivity index (χ3n) is 4.66. The van der Waals surface area contributed by atoms with Crippen molar-refractivity contribution < 1.29 is 4.39 Å². The van der Waals surface area contributed by atoms with Gasteiger partial charge in [0.2, 0.25) is 0 Å². The van der Waals surface area contributed by atoms with Crippen molar-refractivity contribution >= 4 is 0 Å². The van der Waals surface area contributed by atoms with Gasteiger partial charge in [-0.2, -0.15) is 0 Å². The van der Waals surface area contributed by atoms with Crippen LogP contribution in [0.1, 0.15) is 0 Å². The number of nitrogens with one attached hydrogen (secondary N) is 2. The molecule has 0 spiro atoms. The average molecular weight is 381 g/mol. The highest BCUT2D eigenvalue weighted by atomic mass is 19.1. The van der Waals surface area contributed by atoms with Crippen LogP contribution in [0, 0.1) is 5.82 Å². The van der Waals surface area contributed by atoms with Gasteiger partial charge in [-0.15, -0.1) is 0 Å². The topological polar surface area (TPSA) is 70.2 Å². The molecule has 2 N–H and O–H groups in total. The molecule has 29 heavy (non-hydrogen) atoms. The third kappa shape index (κ3) is 3.43. The lowest BCUT2D eigenvalue weighted by Gasteiger charge is -2.02. The Morgan fingerprint density at radius 1 is 0.621 bits per heavy atom. The molecule has 0 unspecified atom stereocenters. The highest BCUT2D eigenvalue weighted by Crippen LogP contribution is 2.27. The zero-order valence-electron chi connectivity index (χ0n) is 15.3. The van der Waals surface area contributed by atoms with Crippen LogP contribution >= 0.6 is 0 Å². The van der Waals surface area contributed by atoms with E-state index >= 15 is 0 Å². The molecule has 0 atom stereocenters. The standard InChI is InChI=1S/C23H16FN5/c24-18-9-7-15(8-10-18)20-13-26-22(28-20)17-5-3-4-16(12-17)21-14-27-23(29-21)19-6-1-2-11-25-19/h1-14H,(H,26,28)(H,27,29). The van der Waals surface area contributed by atoms with Crippen molar-refractivity contribution in [3.63, 3.8) is 0 Å². The lowest BCUT2D eigenvalue weighted by Crippen LogP contribution is -1.85. The van der Waals surface area contributed by atoms with Crippen molar-refractivity contribution in [3.8, 4) is 45.4 Å². The molecule has 0 aliphatic heterocycles. The van der Waals surface area contributed by atoms with Gasteiger partial charge in [0.15, 0.2) is 5.82 Å². The molecule has 140 valence electrons. The highest BCUT2D eigenvalue weighted by molar-refractivity contribution is 5.71. The number of H-pyrrole nitrogens is 2. The largest absolute Gasteiger partial charge is 0.338 e. The molecule has 0 fully saturated rings. The Hall–Kier alpha value is -4.06. The van der Waals surface area contributed by atoms with Crippen LogP contribution in [0.3, 0.4) is 0 Å². The molecule has 5 rings (SSSR count). The monoisotopic (exact) mass is 381 g/mol. The fraction of sp³-hybridized carbons (Fsp3) is 0. The molecule has 0 saturated carbocycles. The van der Waals surface area contributed by atoms with Gasteiger partial charge in [0.1, 0.15) is 17.3 Å². The maximum atomic E-state index is 13.2. The zero-order valence-corrected chi connectivity index (χ0v) is 15.3. The molecular weight excluding hydrogens is 365 g/mol. The first-order valence-corrected chi connectivity index (χ1v) is 9.14. The van der Waals surface area contributed by atoms with Crippen LogP contribution in [-0.2, 0) is 0 Å². The van der Waals surface area contributed by atoms with Crippen LogP contribution in [-0.4, -0.2) is 24.9 Å². The Labute approximate surface area is 166 Å². The van der Waals surface area contributed by atoms with Crippen LogP contribution in [0.2, 0.25) is 0 Å². The summed E-state index contributed by atoms with van der Waals surface area (Å²) in [4.78, 5) is 19.9. The number of hydrogen-bond acceptors (Lipinski definition) is 3.